The lowest BCUT2D eigenvalue weighted by Crippen LogP contribution is -2.28. The Bertz CT molecular complexity index is 1170. The van der Waals surface area contributed by atoms with Crippen LogP contribution in [0.4, 0.5) is 5.13 Å². The number of nitrogens with zero attached hydrogens (tertiary/aromatic N) is 2. The monoisotopic (exact) mass is 444 g/mol. The first-order valence-corrected chi connectivity index (χ1v) is 11.8. The Morgan fingerprint density at radius 1 is 1.07 bits per heavy atom. The first kappa shape index (κ1) is 22.1. The van der Waals surface area contributed by atoms with E-state index >= 15 is 0 Å². The Hall–Kier alpha value is -2.62. The van der Waals surface area contributed by atoms with Crippen molar-refractivity contribution in [1.29, 1.82) is 0 Å². The molecule has 7 nitrogen and oxygen atoms in total. The van der Waals surface area contributed by atoms with Gasteiger partial charge in [0.05, 0.1) is 0 Å². The van der Waals surface area contributed by atoms with Crippen LogP contribution in [0, 0.1) is 20.8 Å². The summed E-state index contributed by atoms with van der Waals surface area (Å²) < 4.78 is 28.2. The quantitative estimate of drug-likeness (QED) is 0.533. The van der Waals surface area contributed by atoms with Crippen molar-refractivity contribution < 1.29 is 13.2 Å². The van der Waals surface area contributed by atoms with E-state index in [0.29, 0.717) is 12.0 Å². The number of aryl methyl sites for hydroxylation is 3. The molecule has 3 aromatic rings. The zero-order valence-corrected chi connectivity index (χ0v) is 18.9. The fraction of sp³-hybridized carbons (Fsp3) is 0.286. The molecule has 0 aliphatic heterocycles. The van der Waals surface area contributed by atoms with Crippen LogP contribution < -0.4 is 10.0 Å². The Morgan fingerprint density at radius 2 is 1.80 bits per heavy atom. The number of benzene rings is 2. The summed E-state index contributed by atoms with van der Waals surface area (Å²) in [6.45, 7) is 7.76. The standard InChI is InChI=1S/C21H24N4O3S2/c1-5-18(17-10-9-14(3)11-15(17)4)25-30(27,28)21-24-23-20(29-21)22-19(26)16-8-6-7-13(2)12-16/h6-12,18,25H,5H2,1-4H3,(H,22,23,26)/t18-/m0/s1. The van der Waals surface area contributed by atoms with Crippen molar-refractivity contribution in [2.24, 2.45) is 0 Å². The summed E-state index contributed by atoms with van der Waals surface area (Å²) >= 11 is 0.817. The van der Waals surface area contributed by atoms with E-state index in [2.05, 4.69) is 20.2 Å². The number of rotatable bonds is 7. The van der Waals surface area contributed by atoms with Crippen LogP contribution in [0.3, 0.4) is 0 Å². The fourth-order valence-electron chi connectivity index (χ4n) is 3.15. The number of amides is 1. The molecule has 0 fully saturated rings. The fourth-order valence-corrected chi connectivity index (χ4v) is 5.36. The van der Waals surface area contributed by atoms with Crippen LogP contribution in [0.25, 0.3) is 0 Å². The maximum Gasteiger partial charge on any atom is 0.270 e. The van der Waals surface area contributed by atoms with Crippen molar-refractivity contribution in [3.8, 4) is 0 Å². The van der Waals surface area contributed by atoms with Gasteiger partial charge in [0.2, 0.25) is 9.47 Å². The molecule has 1 aromatic heterocycles. The van der Waals surface area contributed by atoms with Crippen molar-refractivity contribution in [3.05, 3.63) is 70.3 Å². The molecule has 2 aromatic carbocycles. The van der Waals surface area contributed by atoms with E-state index in [4.69, 9.17) is 0 Å². The molecule has 0 aliphatic carbocycles. The maximum atomic E-state index is 12.9. The molecule has 9 heteroatoms. The second kappa shape index (κ2) is 9.03. The Balaban J connectivity index is 1.76. The molecule has 2 N–H and O–H groups in total. The van der Waals surface area contributed by atoms with Crippen molar-refractivity contribution in [1.82, 2.24) is 14.9 Å². The average molecular weight is 445 g/mol. The van der Waals surface area contributed by atoms with Crippen molar-refractivity contribution in [3.63, 3.8) is 0 Å². The van der Waals surface area contributed by atoms with Gasteiger partial charge in [0, 0.05) is 11.6 Å². The number of carbonyl (C=O) groups excluding carboxylic acids is 1. The van der Waals surface area contributed by atoms with Gasteiger partial charge < -0.3 is 0 Å². The Labute approximate surface area is 180 Å². The highest BCUT2D eigenvalue weighted by Gasteiger charge is 2.25. The predicted octanol–water partition coefficient (Wildman–Crippen LogP) is 4.15. The minimum absolute atomic E-state index is 0.126. The highest BCUT2D eigenvalue weighted by atomic mass is 32.2. The van der Waals surface area contributed by atoms with Gasteiger partial charge in [-0.2, -0.15) is 0 Å². The van der Waals surface area contributed by atoms with Crippen LogP contribution in [0.15, 0.2) is 46.8 Å². The number of anilines is 1. The molecule has 0 saturated heterocycles. The first-order chi connectivity index (χ1) is 14.2. The molecule has 1 heterocycles. The molecule has 1 atom stereocenters. The van der Waals surface area contributed by atoms with Gasteiger partial charge in [0.25, 0.3) is 15.9 Å². The molecule has 158 valence electrons. The van der Waals surface area contributed by atoms with Crippen LogP contribution >= 0.6 is 11.3 Å². The normalized spacial score (nSPS) is 12.5. The Morgan fingerprint density at radius 3 is 2.47 bits per heavy atom. The minimum Gasteiger partial charge on any atom is -0.296 e. The SMILES string of the molecule is CC[C@H](NS(=O)(=O)c1nnc(NC(=O)c2cccc(C)c2)s1)c1ccc(C)cc1C. The van der Waals surface area contributed by atoms with E-state index in [0.717, 1.165) is 33.6 Å². The highest BCUT2D eigenvalue weighted by Crippen LogP contribution is 2.26. The van der Waals surface area contributed by atoms with Crippen molar-refractivity contribution in [2.45, 2.75) is 44.5 Å². The topological polar surface area (TPSA) is 101 Å². The minimum atomic E-state index is -3.89. The van der Waals surface area contributed by atoms with Gasteiger partial charge in [-0.25, -0.2) is 13.1 Å². The van der Waals surface area contributed by atoms with Gasteiger partial charge >= 0.3 is 0 Å². The smallest absolute Gasteiger partial charge is 0.270 e. The number of hydrogen-bond donors (Lipinski definition) is 2. The Kier molecular flexibility index (Phi) is 6.64. The predicted molar refractivity (Wildman–Crippen MR) is 118 cm³/mol. The second-order valence-corrected chi connectivity index (χ2v) is 10.0. The van der Waals surface area contributed by atoms with Crippen molar-refractivity contribution >= 4 is 32.4 Å². The van der Waals surface area contributed by atoms with Gasteiger partial charge in [-0.3, -0.25) is 10.1 Å². The van der Waals surface area contributed by atoms with Crippen molar-refractivity contribution in [2.75, 3.05) is 5.32 Å². The molecule has 3 rings (SSSR count). The summed E-state index contributed by atoms with van der Waals surface area (Å²) in [6.07, 6.45) is 0.582. The molecule has 0 bridgehead atoms. The number of sulfonamides is 1. The van der Waals surface area contributed by atoms with Gasteiger partial charge in [-0.05, 0) is 50.5 Å². The van der Waals surface area contributed by atoms with Gasteiger partial charge in [0.15, 0.2) is 0 Å². The van der Waals surface area contributed by atoms with E-state index in [1.807, 2.05) is 52.0 Å². The third-order valence-electron chi connectivity index (χ3n) is 4.64. The zero-order chi connectivity index (χ0) is 21.9. The number of aromatic nitrogens is 2. The van der Waals surface area contributed by atoms with Crippen LogP contribution in [-0.2, 0) is 10.0 Å². The molecule has 0 aliphatic rings. The maximum absolute atomic E-state index is 12.9. The zero-order valence-electron chi connectivity index (χ0n) is 17.3. The number of carbonyl (C=O) groups is 1. The molecule has 0 spiro atoms. The lowest BCUT2D eigenvalue weighted by molar-refractivity contribution is 0.102. The molecular formula is C21H24N4O3S2. The highest BCUT2D eigenvalue weighted by molar-refractivity contribution is 7.91. The van der Waals surface area contributed by atoms with E-state index in [1.165, 1.54) is 0 Å². The third kappa shape index (κ3) is 5.10. The van der Waals surface area contributed by atoms with E-state index < -0.39 is 10.0 Å². The summed E-state index contributed by atoms with van der Waals surface area (Å²) in [6, 6.07) is 12.6. The summed E-state index contributed by atoms with van der Waals surface area (Å²) in [5.74, 6) is -0.367. The average Bonchev–Trinajstić information content (AvgIpc) is 3.16. The van der Waals surface area contributed by atoms with E-state index in [-0.39, 0.29) is 21.4 Å². The molecule has 1 amide bonds. The number of nitrogens with one attached hydrogen (secondary N) is 2. The lowest BCUT2D eigenvalue weighted by atomic mass is 9.98. The summed E-state index contributed by atoms with van der Waals surface area (Å²) in [5.41, 5.74) is 4.47. The molecular weight excluding hydrogens is 420 g/mol. The number of hydrogen-bond acceptors (Lipinski definition) is 6. The van der Waals surface area contributed by atoms with Gasteiger partial charge in [0.1, 0.15) is 0 Å². The molecule has 30 heavy (non-hydrogen) atoms. The molecule has 0 saturated carbocycles. The second-order valence-electron chi connectivity index (χ2n) is 7.14. The van der Waals surface area contributed by atoms with E-state index in [1.54, 1.807) is 18.2 Å². The lowest BCUT2D eigenvalue weighted by Gasteiger charge is -2.19. The largest absolute Gasteiger partial charge is 0.296 e. The molecule has 0 unspecified atom stereocenters. The van der Waals surface area contributed by atoms with Gasteiger partial charge in [-0.15, -0.1) is 10.2 Å². The van der Waals surface area contributed by atoms with Crippen LogP contribution in [0.2, 0.25) is 0 Å². The van der Waals surface area contributed by atoms with Gasteiger partial charge in [-0.1, -0.05) is 59.7 Å². The summed E-state index contributed by atoms with van der Waals surface area (Å²) in [5, 5.41) is 10.3. The van der Waals surface area contributed by atoms with Crippen LogP contribution in [0.5, 0.6) is 0 Å². The molecule has 0 radical (unpaired) electrons. The third-order valence-corrected chi connectivity index (χ3v) is 7.32. The first-order valence-electron chi connectivity index (χ1n) is 9.50. The summed E-state index contributed by atoms with van der Waals surface area (Å²) in [7, 11) is -3.89. The van der Waals surface area contributed by atoms with Crippen LogP contribution in [-0.4, -0.2) is 24.5 Å². The summed E-state index contributed by atoms with van der Waals surface area (Å²) in [4.78, 5) is 12.4. The van der Waals surface area contributed by atoms with E-state index in [9.17, 15) is 13.2 Å². The van der Waals surface area contributed by atoms with Crippen LogP contribution in [0.1, 0.15) is 52.0 Å².